The van der Waals surface area contributed by atoms with Gasteiger partial charge in [-0.15, -0.1) is 0 Å². The molecule has 0 amide bonds. The average molecular weight is 130 g/mol. The fourth-order valence-electron chi connectivity index (χ4n) is 0.778. The highest BCUT2D eigenvalue weighted by molar-refractivity contribution is 5.18. The molecule has 0 unspecified atom stereocenters. The van der Waals surface area contributed by atoms with E-state index >= 15 is 0 Å². The maximum absolute atomic E-state index is 8.22. The second-order valence-electron chi connectivity index (χ2n) is 2.02. The molecule has 0 bridgehead atoms. The summed E-state index contributed by atoms with van der Waals surface area (Å²) in [4.78, 5) is 0. The number of hydrogen-bond acceptors (Lipinski definition) is 1. The van der Waals surface area contributed by atoms with Gasteiger partial charge in [0.25, 0.3) is 0 Å². The Balaban J connectivity index is 2.52. The first-order chi connectivity index (χ1) is 4.93. The maximum atomic E-state index is 8.22. The van der Waals surface area contributed by atoms with Gasteiger partial charge in [-0.05, 0) is 12.0 Å². The van der Waals surface area contributed by atoms with Gasteiger partial charge in [-0.2, -0.15) is 5.26 Å². The normalized spacial score (nSPS) is 8.70. The third-order valence-electron chi connectivity index (χ3n) is 1.27. The van der Waals surface area contributed by atoms with Gasteiger partial charge in [-0.25, -0.2) is 0 Å². The molecule has 1 aromatic rings. The second kappa shape index (κ2) is 3.68. The summed E-state index contributed by atoms with van der Waals surface area (Å²) in [5.74, 6) is 0. The predicted molar refractivity (Wildman–Crippen MR) is 40.1 cm³/mol. The Morgan fingerprint density at radius 2 is 2.00 bits per heavy atom. The lowest BCUT2D eigenvalue weighted by molar-refractivity contribution is 1.20. The van der Waals surface area contributed by atoms with Crippen LogP contribution in [0, 0.1) is 17.8 Å². The molecule has 1 heteroatoms. The largest absolute Gasteiger partial charge is 0.198 e. The summed E-state index contributed by atoms with van der Waals surface area (Å²) in [6.45, 7) is 0. The Hall–Kier alpha value is -1.29. The van der Waals surface area contributed by atoms with Crippen LogP contribution in [0.5, 0.6) is 0 Å². The van der Waals surface area contributed by atoms with Crippen LogP contribution in [-0.4, -0.2) is 0 Å². The fourth-order valence-corrected chi connectivity index (χ4v) is 0.778. The van der Waals surface area contributed by atoms with E-state index in [0.717, 1.165) is 6.42 Å². The minimum atomic E-state index is 0.747. The van der Waals surface area contributed by atoms with E-state index < -0.39 is 0 Å². The number of nitriles is 1. The molecule has 1 aromatic carbocycles. The summed E-state index contributed by atoms with van der Waals surface area (Å²) in [5.41, 5.74) is 1.18. The highest BCUT2D eigenvalue weighted by atomic mass is 14.2. The van der Waals surface area contributed by atoms with Gasteiger partial charge in [0.1, 0.15) is 0 Å². The van der Waals surface area contributed by atoms with E-state index in [9.17, 15) is 0 Å². The lowest BCUT2D eigenvalue weighted by Crippen LogP contribution is -1.81. The Bertz CT molecular complexity index is 220. The maximum Gasteiger partial charge on any atom is 0.0673 e. The van der Waals surface area contributed by atoms with Crippen molar-refractivity contribution in [3.05, 3.63) is 42.3 Å². The average Bonchev–Trinajstić information content (AvgIpc) is 2.03. The number of hydrogen-bond donors (Lipinski definition) is 0. The van der Waals surface area contributed by atoms with Gasteiger partial charge in [0, 0.05) is 0 Å². The van der Waals surface area contributed by atoms with Gasteiger partial charge in [0.15, 0.2) is 0 Å². The molecule has 10 heavy (non-hydrogen) atoms. The Kier molecular flexibility index (Phi) is 2.51. The number of rotatable bonds is 2. The van der Waals surface area contributed by atoms with Gasteiger partial charge >= 0.3 is 0 Å². The number of benzene rings is 1. The second-order valence-corrected chi connectivity index (χ2v) is 2.02. The third kappa shape index (κ3) is 1.91. The van der Waals surface area contributed by atoms with Crippen LogP contribution in [0.25, 0.3) is 0 Å². The molecular weight excluding hydrogens is 122 g/mol. The van der Waals surface area contributed by atoms with Crippen LogP contribution in [0.15, 0.2) is 30.3 Å². The quantitative estimate of drug-likeness (QED) is 0.600. The Morgan fingerprint density at radius 1 is 1.30 bits per heavy atom. The van der Waals surface area contributed by atoms with Gasteiger partial charge in [0.05, 0.1) is 12.5 Å². The molecule has 0 fully saturated rings. The molecule has 0 atom stereocenters. The molecule has 49 valence electrons. The summed E-state index contributed by atoms with van der Waals surface area (Å²) in [6.07, 6.45) is 2.34. The lowest BCUT2D eigenvalue weighted by atomic mass is 10.1. The minimum Gasteiger partial charge on any atom is -0.198 e. The van der Waals surface area contributed by atoms with E-state index in [1.54, 1.807) is 6.42 Å². The Morgan fingerprint density at radius 3 is 2.60 bits per heavy atom. The van der Waals surface area contributed by atoms with E-state index in [1.165, 1.54) is 5.56 Å². The standard InChI is InChI=1S/C9H8N/c10-8-4-7-9-5-2-1-3-6-9/h1-6H,7H2. The van der Waals surface area contributed by atoms with Gasteiger partial charge < -0.3 is 0 Å². The van der Waals surface area contributed by atoms with Crippen molar-refractivity contribution in [3.63, 3.8) is 0 Å². The van der Waals surface area contributed by atoms with Crippen molar-refractivity contribution in [1.29, 1.82) is 5.26 Å². The van der Waals surface area contributed by atoms with Crippen LogP contribution in [0.3, 0.4) is 0 Å². The Labute approximate surface area is 60.9 Å². The summed E-state index contributed by atoms with van der Waals surface area (Å²) >= 11 is 0. The monoisotopic (exact) mass is 130 g/mol. The first kappa shape index (κ1) is 6.82. The molecule has 1 nitrogen and oxygen atoms in total. The first-order valence-corrected chi connectivity index (χ1v) is 3.18. The summed E-state index contributed by atoms with van der Waals surface area (Å²) in [7, 11) is 0. The molecule has 1 rings (SSSR count). The molecule has 0 aliphatic heterocycles. The topological polar surface area (TPSA) is 23.8 Å². The van der Waals surface area contributed by atoms with Crippen LogP contribution in [0.4, 0.5) is 0 Å². The fraction of sp³-hybridized carbons (Fsp3) is 0.111. The van der Waals surface area contributed by atoms with Gasteiger partial charge in [-0.1, -0.05) is 30.3 Å². The molecule has 0 N–H and O–H groups in total. The molecular formula is C9H8N. The van der Waals surface area contributed by atoms with E-state index in [4.69, 9.17) is 5.26 Å². The van der Waals surface area contributed by atoms with Gasteiger partial charge in [0.2, 0.25) is 0 Å². The van der Waals surface area contributed by atoms with Crippen molar-refractivity contribution in [2.75, 3.05) is 0 Å². The van der Waals surface area contributed by atoms with E-state index in [-0.39, 0.29) is 0 Å². The molecule has 0 saturated heterocycles. The van der Waals surface area contributed by atoms with Crippen molar-refractivity contribution < 1.29 is 0 Å². The molecule has 0 aliphatic carbocycles. The van der Waals surface area contributed by atoms with E-state index in [0.29, 0.717) is 0 Å². The molecule has 0 heterocycles. The highest BCUT2D eigenvalue weighted by Gasteiger charge is 1.87. The summed E-state index contributed by atoms with van der Waals surface area (Å²) in [5, 5.41) is 8.22. The zero-order valence-electron chi connectivity index (χ0n) is 5.62. The van der Waals surface area contributed by atoms with Crippen LogP contribution in [0.1, 0.15) is 5.56 Å². The molecule has 0 aromatic heterocycles. The molecule has 0 aliphatic rings. The molecule has 0 saturated carbocycles. The zero-order chi connectivity index (χ0) is 7.23. The van der Waals surface area contributed by atoms with Crippen LogP contribution >= 0.6 is 0 Å². The SMILES string of the molecule is N#C[CH]Cc1ccccc1. The van der Waals surface area contributed by atoms with Crippen LogP contribution in [-0.2, 0) is 6.42 Å². The zero-order valence-corrected chi connectivity index (χ0v) is 5.62. The van der Waals surface area contributed by atoms with E-state index in [1.807, 2.05) is 36.4 Å². The highest BCUT2D eigenvalue weighted by Crippen LogP contribution is 1.99. The van der Waals surface area contributed by atoms with Crippen molar-refractivity contribution in [2.45, 2.75) is 6.42 Å². The summed E-state index contributed by atoms with van der Waals surface area (Å²) < 4.78 is 0. The van der Waals surface area contributed by atoms with Crippen molar-refractivity contribution in [2.24, 2.45) is 0 Å². The lowest BCUT2D eigenvalue weighted by Gasteiger charge is -1.92. The van der Waals surface area contributed by atoms with Crippen LogP contribution in [0.2, 0.25) is 0 Å². The first-order valence-electron chi connectivity index (χ1n) is 3.18. The van der Waals surface area contributed by atoms with E-state index in [2.05, 4.69) is 0 Å². The number of nitrogens with zero attached hydrogens (tertiary/aromatic N) is 1. The van der Waals surface area contributed by atoms with Crippen molar-refractivity contribution in [3.8, 4) is 6.07 Å². The third-order valence-corrected chi connectivity index (χ3v) is 1.27. The van der Waals surface area contributed by atoms with Crippen molar-refractivity contribution in [1.82, 2.24) is 0 Å². The smallest absolute Gasteiger partial charge is 0.0673 e. The minimum absolute atomic E-state index is 0.747. The van der Waals surface area contributed by atoms with Crippen LogP contribution < -0.4 is 0 Å². The van der Waals surface area contributed by atoms with Gasteiger partial charge in [-0.3, -0.25) is 0 Å². The predicted octanol–water partition coefficient (Wildman–Crippen LogP) is 1.96. The molecule has 1 radical (unpaired) electrons. The molecule has 0 spiro atoms. The van der Waals surface area contributed by atoms with Crippen molar-refractivity contribution >= 4 is 0 Å². The summed E-state index contributed by atoms with van der Waals surface area (Å²) in [6, 6.07) is 11.9.